The van der Waals surface area contributed by atoms with Crippen molar-refractivity contribution in [2.24, 2.45) is 0 Å². The van der Waals surface area contributed by atoms with Crippen LogP contribution in [0.4, 0.5) is 0 Å². The number of hydrogen-bond donors (Lipinski definition) is 0. The first-order valence-corrected chi connectivity index (χ1v) is 3.74. The Balaban J connectivity index is 2.51. The summed E-state index contributed by atoms with van der Waals surface area (Å²) < 4.78 is 1.99. The Hall–Kier alpha value is -1.31. The highest BCUT2D eigenvalue weighted by Crippen LogP contribution is 2.09. The molecule has 0 aliphatic carbocycles. The standard InChI is InChI=1S/C9H9NO/c11-9-5-1-2-6-10-7-3-4-8(9)10/h1,3-5,7H,2,6H2. The van der Waals surface area contributed by atoms with Gasteiger partial charge in [-0.2, -0.15) is 0 Å². The molecule has 0 aromatic carbocycles. The Morgan fingerprint density at radius 2 is 2.36 bits per heavy atom. The molecule has 2 nitrogen and oxygen atoms in total. The summed E-state index contributed by atoms with van der Waals surface area (Å²) in [5.74, 6) is 0.118. The molecule has 2 heterocycles. The molecule has 0 bridgehead atoms. The number of ketones is 1. The first-order valence-electron chi connectivity index (χ1n) is 3.74. The van der Waals surface area contributed by atoms with Crippen LogP contribution in [0.3, 0.4) is 0 Å². The molecule has 2 heteroatoms. The third kappa shape index (κ3) is 1.00. The zero-order valence-corrected chi connectivity index (χ0v) is 6.16. The monoisotopic (exact) mass is 147 g/mol. The van der Waals surface area contributed by atoms with Gasteiger partial charge in [0.15, 0.2) is 0 Å². The lowest BCUT2D eigenvalue weighted by Crippen LogP contribution is -2.02. The van der Waals surface area contributed by atoms with Gasteiger partial charge in [-0.1, -0.05) is 6.08 Å². The van der Waals surface area contributed by atoms with Gasteiger partial charge in [0.05, 0.1) is 5.69 Å². The summed E-state index contributed by atoms with van der Waals surface area (Å²) in [5.41, 5.74) is 0.804. The molecular weight excluding hydrogens is 138 g/mol. The van der Waals surface area contributed by atoms with E-state index < -0.39 is 0 Å². The van der Waals surface area contributed by atoms with E-state index in [1.807, 2.05) is 29.0 Å². The summed E-state index contributed by atoms with van der Waals surface area (Å²) >= 11 is 0. The Morgan fingerprint density at radius 1 is 1.45 bits per heavy atom. The maximum absolute atomic E-state index is 11.3. The molecule has 1 aliphatic rings. The third-order valence-corrected chi connectivity index (χ3v) is 1.89. The molecule has 0 spiro atoms. The van der Waals surface area contributed by atoms with Gasteiger partial charge < -0.3 is 4.57 Å². The van der Waals surface area contributed by atoms with E-state index in [1.165, 1.54) is 0 Å². The molecule has 0 saturated heterocycles. The fraction of sp³-hybridized carbons (Fsp3) is 0.222. The summed E-state index contributed by atoms with van der Waals surface area (Å²) in [6.45, 7) is 0.921. The predicted octanol–water partition coefficient (Wildman–Crippen LogP) is 1.63. The zero-order valence-electron chi connectivity index (χ0n) is 6.16. The Bertz CT molecular complexity index is 309. The van der Waals surface area contributed by atoms with Gasteiger partial charge in [-0.05, 0) is 24.6 Å². The quantitative estimate of drug-likeness (QED) is 0.546. The van der Waals surface area contributed by atoms with E-state index in [2.05, 4.69) is 0 Å². The fourth-order valence-corrected chi connectivity index (χ4v) is 1.32. The van der Waals surface area contributed by atoms with Crippen molar-refractivity contribution in [3.8, 4) is 0 Å². The van der Waals surface area contributed by atoms with Gasteiger partial charge in [0.25, 0.3) is 0 Å². The largest absolute Gasteiger partial charge is 0.345 e. The van der Waals surface area contributed by atoms with E-state index in [0.29, 0.717) is 0 Å². The summed E-state index contributed by atoms with van der Waals surface area (Å²) in [4.78, 5) is 11.3. The van der Waals surface area contributed by atoms with Gasteiger partial charge in [-0.25, -0.2) is 0 Å². The average Bonchev–Trinajstić information content (AvgIpc) is 2.40. The number of carbonyl (C=O) groups excluding carboxylic acids is 1. The molecule has 0 radical (unpaired) electrons. The Kier molecular flexibility index (Phi) is 1.39. The topological polar surface area (TPSA) is 22.0 Å². The minimum Gasteiger partial charge on any atom is -0.345 e. The summed E-state index contributed by atoms with van der Waals surface area (Å²) in [7, 11) is 0. The second-order valence-electron chi connectivity index (χ2n) is 2.64. The summed E-state index contributed by atoms with van der Waals surface area (Å²) in [6.07, 6.45) is 6.47. The van der Waals surface area contributed by atoms with Gasteiger partial charge in [0.1, 0.15) is 0 Å². The maximum Gasteiger partial charge on any atom is 0.201 e. The van der Waals surface area contributed by atoms with E-state index in [-0.39, 0.29) is 5.78 Å². The Labute approximate surface area is 65.1 Å². The van der Waals surface area contributed by atoms with Crippen LogP contribution in [-0.4, -0.2) is 10.4 Å². The second kappa shape index (κ2) is 2.38. The lowest BCUT2D eigenvalue weighted by molar-refractivity contribution is 0.104. The molecule has 2 rings (SSSR count). The van der Waals surface area contributed by atoms with Crippen molar-refractivity contribution in [3.05, 3.63) is 36.2 Å². The number of nitrogens with zero attached hydrogens (tertiary/aromatic N) is 1. The zero-order chi connectivity index (χ0) is 7.68. The number of fused-ring (bicyclic) bond motifs is 1. The van der Waals surface area contributed by atoms with Crippen molar-refractivity contribution >= 4 is 5.78 Å². The van der Waals surface area contributed by atoms with Gasteiger partial charge in [0.2, 0.25) is 5.78 Å². The summed E-state index contributed by atoms with van der Waals surface area (Å²) in [5, 5.41) is 0. The molecule has 0 saturated carbocycles. The van der Waals surface area contributed by atoms with E-state index in [1.54, 1.807) is 6.08 Å². The number of allylic oxidation sites excluding steroid dienone is 2. The number of aromatic nitrogens is 1. The molecule has 1 aromatic heterocycles. The Morgan fingerprint density at radius 3 is 3.27 bits per heavy atom. The minimum atomic E-state index is 0.118. The molecule has 1 aliphatic heterocycles. The van der Waals surface area contributed by atoms with Crippen LogP contribution < -0.4 is 0 Å². The molecular formula is C9H9NO. The van der Waals surface area contributed by atoms with E-state index in [9.17, 15) is 4.79 Å². The molecule has 0 atom stereocenters. The average molecular weight is 147 g/mol. The first kappa shape index (κ1) is 6.40. The van der Waals surface area contributed by atoms with Crippen LogP contribution in [0, 0.1) is 0 Å². The van der Waals surface area contributed by atoms with Crippen LogP contribution in [0.15, 0.2) is 30.5 Å². The number of aryl methyl sites for hydroxylation is 1. The molecule has 56 valence electrons. The van der Waals surface area contributed by atoms with E-state index in [4.69, 9.17) is 0 Å². The van der Waals surface area contributed by atoms with Crippen molar-refractivity contribution < 1.29 is 4.79 Å². The van der Waals surface area contributed by atoms with Crippen molar-refractivity contribution in [1.82, 2.24) is 4.57 Å². The van der Waals surface area contributed by atoms with Crippen LogP contribution in [0.1, 0.15) is 16.9 Å². The highest BCUT2D eigenvalue weighted by Gasteiger charge is 2.08. The lowest BCUT2D eigenvalue weighted by atomic mass is 10.3. The highest BCUT2D eigenvalue weighted by atomic mass is 16.1. The second-order valence-corrected chi connectivity index (χ2v) is 2.64. The first-order chi connectivity index (χ1) is 5.38. The predicted molar refractivity (Wildman–Crippen MR) is 42.5 cm³/mol. The van der Waals surface area contributed by atoms with Gasteiger partial charge >= 0.3 is 0 Å². The molecule has 0 N–H and O–H groups in total. The molecule has 0 fully saturated rings. The normalized spacial score (nSPS) is 16.2. The van der Waals surface area contributed by atoms with Crippen molar-refractivity contribution in [1.29, 1.82) is 0 Å². The maximum atomic E-state index is 11.3. The molecule has 1 aromatic rings. The minimum absolute atomic E-state index is 0.118. The van der Waals surface area contributed by atoms with Crippen molar-refractivity contribution in [2.75, 3.05) is 0 Å². The lowest BCUT2D eigenvalue weighted by Gasteiger charge is -2.00. The van der Waals surface area contributed by atoms with E-state index in [0.717, 1.165) is 18.7 Å². The van der Waals surface area contributed by atoms with Crippen LogP contribution >= 0.6 is 0 Å². The fourth-order valence-electron chi connectivity index (χ4n) is 1.32. The van der Waals surface area contributed by atoms with Crippen molar-refractivity contribution in [2.45, 2.75) is 13.0 Å². The van der Waals surface area contributed by atoms with Gasteiger partial charge in [-0.3, -0.25) is 4.79 Å². The summed E-state index contributed by atoms with van der Waals surface area (Å²) in [6, 6.07) is 3.77. The van der Waals surface area contributed by atoms with Crippen LogP contribution in [0.5, 0.6) is 0 Å². The van der Waals surface area contributed by atoms with Crippen LogP contribution in [0.25, 0.3) is 0 Å². The molecule has 11 heavy (non-hydrogen) atoms. The number of rotatable bonds is 0. The number of hydrogen-bond acceptors (Lipinski definition) is 1. The van der Waals surface area contributed by atoms with Gasteiger partial charge in [0, 0.05) is 12.7 Å². The van der Waals surface area contributed by atoms with E-state index >= 15 is 0 Å². The smallest absolute Gasteiger partial charge is 0.201 e. The molecule has 0 amide bonds. The molecule has 0 unspecified atom stereocenters. The third-order valence-electron chi connectivity index (χ3n) is 1.89. The SMILES string of the molecule is O=C1C=CCCn2cccc21. The van der Waals surface area contributed by atoms with Crippen LogP contribution in [0.2, 0.25) is 0 Å². The van der Waals surface area contributed by atoms with Crippen LogP contribution in [-0.2, 0) is 6.54 Å². The number of carbonyl (C=O) groups is 1. The van der Waals surface area contributed by atoms with Crippen molar-refractivity contribution in [3.63, 3.8) is 0 Å². The van der Waals surface area contributed by atoms with Gasteiger partial charge in [-0.15, -0.1) is 0 Å². The highest BCUT2D eigenvalue weighted by molar-refractivity contribution is 6.03.